The van der Waals surface area contributed by atoms with Crippen molar-refractivity contribution < 1.29 is 14.6 Å². The number of aryl methyl sites for hydroxylation is 1. The van der Waals surface area contributed by atoms with Crippen molar-refractivity contribution in [2.75, 3.05) is 6.61 Å². The van der Waals surface area contributed by atoms with Crippen molar-refractivity contribution >= 4 is 5.97 Å². The van der Waals surface area contributed by atoms with E-state index in [-0.39, 0.29) is 0 Å². The molecule has 0 aliphatic rings. The molecule has 1 aromatic carbocycles. The molecule has 0 fully saturated rings. The molecule has 124 valence electrons. The Morgan fingerprint density at radius 2 is 1.50 bits per heavy atom. The maximum Gasteiger partial charge on any atom is 0.373 e. The van der Waals surface area contributed by atoms with E-state index in [9.17, 15) is 4.79 Å². The number of carbonyl (C=O) groups excluding carboxylic acids is 1. The smallest absolute Gasteiger partial charge is 0.293 e. The zero-order valence-electron chi connectivity index (χ0n) is 14.1. The lowest BCUT2D eigenvalue weighted by atomic mass is 10.1. The van der Waals surface area contributed by atoms with Crippen molar-refractivity contribution in [3.63, 3.8) is 0 Å². The summed E-state index contributed by atoms with van der Waals surface area (Å²) >= 11 is 0. The molecule has 1 rings (SSSR count). The van der Waals surface area contributed by atoms with Crippen LogP contribution < -0.4 is 0 Å². The van der Waals surface area contributed by atoms with Gasteiger partial charge in [-0.05, 0) is 37.0 Å². The highest BCUT2D eigenvalue weighted by molar-refractivity contribution is 5.88. The Balaban J connectivity index is 2.14. The highest BCUT2D eigenvalue weighted by Gasteiger charge is 2.08. The summed E-state index contributed by atoms with van der Waals surface area (Å²) in [6.45, 7) is 4.86. The van der Waals surface area contributed by atoms with Gasteiger partial charge in [-0.15, -0.1) is 0 Å². The molecule has 0 saturated carbocycles. The van der Waals surface area contributed by atoms with Crippen molar-refractivity contribution in [2.24, 2.45) is 0 Å². The molecule has 0 aliphatic heterocycles. The second-order valence-electron chi connectivity index (χ2n) is 5.76. The Hall–Kier alpha value is -1.35. The number of carbonyl (C=O) groups is 1. The van der Waals surface area contributed by atoms with Gasteiger partial charge < -0.3 is 0 Å². The first-order valence-corrected chi connectivity index (χ1v) is 8.70. The largest absolute Gasteiger partial charge is 0.373 e. The van der Waals surface area contributed by atoms with Crippen LogP contribution in [-0.2, 0) is 16.2 Å². The van der Waals surface area contributed by atoms with Crippen molar-refractivity contribution in [3.8, 4) is 0 Å². The average Bonchev–Trinajstić information content (AvgIpc) is 2.55. The van der Waals surface area contributed by atoms with Crippen molar-refractivity contribution in [1.29, 1.82) is 0 Å². The van der Waals surface area contributed by atoms with Gasteiger partial charge in [-0.1, -0.05) is 64.5 Å². The van der Waals surface area contributed by atoms with Gasteiger partial charge in [0.05, 0.1) is 12.2 Å². The summed E-state index contributed by atoms with van der Waals surface area (Å²) in [6, 6.07) is 7.59. The van der Waals surface area contributed by atoms with Gasteiger partial charge in [-0.3, -0.25) is 4.89 Å². The van der Waals surface area contributed by atoms with Crippen LogP contribution in [0.5, 0.6) is 0 Å². The molecular weight excluding hydrogens is 276 g/mol. The second kappa shape index (κ2) is 12.2. The first-order valence-electron chi connectivity index (χ1n) is 8.70. The Labute approximate surface area is 134 Å². The summed E-state index contributed by atoms with van der Waals surface area (Å²) in [6.07, 6.45) is 10.5. The molecule has 1 aromatic rings. The molecule has 0 aromatic heterocycles. The fourth-order valence-corrected chi connectivity index (χ4v) is 2.27. The minimum atomic E-state index is -0.409. The van der Waals surface area contributed by atoms with Crippen LogP contribution in [0.2, 0.25) is 0 Å². The van der Waals surface area contributed by atoms with E-state index in [2.05, 4.69) is 13.8 Å². The third-order valence-electron chi connectivity index (χ3n) is 3.72. The summed E-state index contributed by atoms with van der Waals surface area (Å²) < 4.78 is 0. The lowest BCUT2D eigenvalue weighted by Crippen LogP contribution is -2.07. The molecular formula is C19H30O3. The van der Waals surface area contributed by atoms with Gasteiger partial charge in [0, 0.05) is 0 Å². The van der Waals surface area contributed by atoms with Gasteiger partial charge in [0.25, 0.3) is 0 Å². The van der Waals surface area contributed by atoms with Gasteiger partial charge in [-0.25, -0.2) is 4.79 Å². The Morgan fingerprint density at radius 1 is 0.864 bits per heavy atom. The first kappa shape index (κ1) is 18.7. The van der Waals surface area contributed by atoms with E-state index in [0.717, 1.165) is 19.3 Å². The minimum absolute atomic E-state index is 0.409. The summed E-state index contributed by atoms with van der Waals surface area (Å²) in [5.41, 5.74) is 1.80. The van der Waals surface area contributed by atoms with Crippen LogP contribution in [0.25, 0.3) is 0 Å². The van der Waals surface area contributed by atoms with Crippen LogP contribution in [0.3, 0.4) is 0 Å². The Morgan fingerprint density at radius 3 is 2.18 bits per heavy atom. The molecule has 22 heavy (non-hydrogen) atoms. The third-order valence-corrected chi connectivity index (χ3v) is 3.72. The van der Waals surface area contributed by atoms with Gasteiger partial charge >= 0.3 is 5.97 Å². The molecule has 0 amide bonds. The lowest BCUT2D eigenvalue weighted by molar-refractivity contribution is -0.241. The predicted molar refractivity (Wildman–Crippen MR) is 89.8 cm³/mol. The normalized spacial score (nSPS) is 10.6. The molecule has 3 nitrogen and oxygen atoms in total. The van der Waals surface area contributed by atoms with Gasteiger partial charge in [0.1, 0.15) is 0 Å². The van der Waals surface area contributed by atoms with Crippen LogP contribution in [-0.4, -0.2) is 12.6 Å². The molecule has 0 spiro atoms. The third kappa shape index (κ3) is 8.18. The molecule has 0 atom stereocenters. The number of benzene rings is 1. The number of rotatable bonds is 12. The van der Waals surface area contributed by atoms with Gasteiger partial charge in [0.15, 0.2) is 0 Å². The van der Waals surface area contributed by atoms with Crippen LogP contribution in [0.1, 0.15) is 81.1 Å². The molecule has 0 radical (unpaired) electrons. The monoisotopic (exact) mass is 306 g/mol. The molecule has 0 heterocycles. The van der Waals surface area contributed by atoms with Gasteiger partial charge in [0.2, 0.25) is 0 Å². The quantitative estimate of drug-likeness (QED) is 0.291. The van der Waals surface area contributed by atoms with Crippen molar-refractivity contribution in [2.45, 2.75) is 71.6 Å². The zero-order valence-corrected chi connectivity index (χ0v) is 14.1. The van der Waals surface area contributed by atoms with Gasteiger partial charge in [-0.2, -0.15) is 4.89 Å². The Kier molecular flexibility index (Phi) is 10.4. The van der Waals surface area contributed by atoms with E-state index >= 15 is 0 Å². The van der Waals surface area contributed by atoms with Crippen molar-refractivity contribution in [1.82, 2.24) is 0 Å². The standard InChI is InChI=1S/C19H30O3/c1-3-5-7-8-9-10-16-21-22-19(20)18-14-12-17(13-15-18)11-6-4-2/h12-15H,3-11,16H2,1-2H3. The zero-order chi connectivity index (χ0) is 16.0. The number of hydrogen-bond donors (Lipinski definition) is 0. The van der Waals surface area contributed by atoms with Crippen LogP contribution in [0.4, 0.5) is 0 Å². The van der Waals surface area contributed by atoms with E-state index in [0.29, 0.717) is 12.2 Å². The summed E-state index contributed by atoms with van der Waals surface area (Å²) in [5, 5.41) is 0. The maximum absolute atomic E-state index is 11.8. The van der Waals surface area contributed by atoms with Crippen LogP contribution in [0, 0.1) is 0 Å². The topological polar surface area (TPSA) is 35.5 Å². The number of hydrogen-bond acceptors (Lipinski definition) is 3. The van der Waals surface area contributed by atoms with Crippen molar-refractivity contribution in [3.05, 3.63) is 35.4 Å². The van der Waals surface area contributed by atoms with Crippen LogP contribution >= 0.6 is 0 Å². The van der Waals surface area contributed by atoms with E-state index in [1.807, 2.05) is 12.1 Å². The fourth-order valence-electron chi connectivity index (χ4n) is 2.27. The molecule has 0 unspecified atom stereocenters. The van der Waals surface area contributed by atoms with Crippen LogP contribution in [0.15, 0.2) is 24.3 Å². The van der Waals surface area contributed by atoms with E-state index in [1.165, 1.54) is 44.1 Å². The molecule has 0 N–H and O–H groups in total. The molecule has 0 aliphatic carbocycles. The molecule has 0 bridgehead atoms. The summed E-state index contributed by atoms with van der Waals surface area (Å²) in [5.74, 6) is -0.409. The second-order valence-corrected chi connectivity index (χ2v) is 5.76. The highest BCUT2D eigenvalue weighted by Crippen LogP contribution is 2.10. The number of unbranched alkanes of at least 4 members (excludes halogenated alkanes) is 6. The summed E-state index contributed by atoms with van der Waals surface area (Å²) in [4.78, 5) is 21.6. The Bertz CT molecular complexity index is 398. The first-order chi connectivity index (χ1) is 10.8. The maximum atomic E-state index is 11.8. The minimum Gasteiger partial charge on any atom is -0.293 e. The highest BCUT2D eigenvalue weighted by atomic mass is 17.2. The average molecular weight is 306 g/mol. The molecule has 0 saturated heterocycles. The fraction of sp³-hybridized carbons (Fsp3) is 0.632. The van der Waals surface area contributed by atoms with E-state index in [1.54, 1.807) is 12.1 Å². The van der Waals surface area contributed by atoms with E-state index in [4.69, 9.17) is 9.78 Å². The SMILES string of the molecule is CCCCCCCCOOC(=O)c1ccc(CCCC)cc1. The summed E-state index contributed by atoms with van der Waals surface area (Å²) in [7, 11) is 0. The van der Waals surface area contributed by atoms with E-state index < -0.39 is 5.97 Å². The molecule has 3 heteroatoms. The predicted octanol–water partition coefficient (Wildman–Crippen LogP) is 5.48. The lowest BCUT2D eigenvalue weighted by Gasteiger charge is -2.05.